The topological polar surface area (TPSA) is 51.4 Å². The minimum absolute atomic E-state index is 0.131. The van der Waals surface area contributed by atoms with Gasteiger partial charge in [-0.15, -0.1) is 0 Å². The Morgan fingerprint density at radius 2 is 1.85 bits per heavy atom. The average Bonchev–Trinajstić information content (AvgIpc) is 3.21. The SMILES string of the molecule is C/C(=N/Nc1ccccc1)[C@H]1C[C@@H]2C=C(C#N)[C@@H]1N2Cc1ccccc1. The van der Waals surface area contributed by atoms with E-state index < -0.39 is 0 Å². The van der Waals surface area contributed by atoms with Gasteiger partial charge in [0.15, 0.2) is 0 Å². The molecule has 2 heterocycles. The monoisotopic (exact) mass is 342 g/mol. The van der Waals surface area contributed by atoms with Gasteiger partial charge in [-0.25, -0.2) is 0 Å². The van der Waals surface area contributed by atoms with Crippen LogP contribution in [0.25, 0.3) is 0 Å². The highest BCUT2D eigenvalue weighted by Crippen LogP contribution is 2.42. The van der Waals surface area contributed by atoms with Crippen LogP contribution in [0.5, 0.6) is 0 Å². The maximum absolute atomic E-state index is 9.58. The summed E-state index contributed by atoms with van der Waals surface area (Å²) in [4.78, 5) is 2.44. The predicted molar refractivity (Wildman–Crippen MR) is 105 cm³/mol. The van der Waals surface area contributed by atoms with E-state index in [1.807, 2.05) is 36.4 Å². The fourth-order valence-corrected chi connectivity index (χ4v) is 4.09. The van der Waals surface area contributed by atoms with Gasteiger partial charge in [0, 0.05) is 29.8 Å². The molecule has 2 aromatic rings. The molecule has 2 bridgehead atoms. The lowest BCUT2D eigenvalue weighted by Crippen LogP contribution is -2.34. The number of rotatable bonds is 5. The summed E-state index contributed by atoms with van der Waals surface area (Å²) in [6, 6.07) is 23.3. The van der Waals surface area contributed by atoms with E-state index in [0.29, 0.717) is 6.04 Å². The molecule has 1 fully saturated rings. The van der Waals surface area contributed by atoms with E-state index >= 15 is 0 Å². The number of hydrogen-bond acceptors (Lipinski definition) is 4. The summed E-state index contributed by atoms with van der Waals surface area (Å²) in [7, 11) is 0. The number of nitrogens with one attached hydrogen (secondary N) is 1. The highest BCUT2D eigenvalue weighted by atomic mass is 15.3. The number of anilines is 1. The zero-order valence-corrected chi connectivity index (χ0v) is 14.8. The highest BCUT2D eigenvalue weighted by Gasteiger charge is 2.48. The van der Waals surface area contributed by atoms with Gasteiger partial charge in [-0.3, -0.25) is 10.3 Å². The first kappa shape index (κ1) is 16.6. The molecule has 0 aliphatic carbocycles. The molecule has 2 aliphatic heterocycles. The molecule has 4 nitrogen and oxygen atoms in total. The molecular weight excluding hydrogens is 320 g/mol. The van der Waals surface area contributed by atoms with E-state index in [1.165, 1.54) is 5.56 Å². The molecule has 2 aromatic carbocycles. The minimum Gasteiger partial charge on any atom is -0.284 e. The second-order valence-corrected chi connectivity index (χ2v) is 6.98. The van der Waals surface area contributed by atoms with Gasteiger partial charge in [-0.1, -0.05) is 54.6 Å². The van der Waals surface area contributed by atoms with Gasteiger partial charge in [-0.05, 0) is 31.0 Å². The van der Waals surface area contributed by atoms with Crippen molar-refractivity contribution < 1.29 is 0 Å². The van der Waals surface area contributed by atoms with Gasteiger partial charge < -0.3 is 0 Å². The Kier molecular flexibility index (Phi) is 4.55. The van der Waals surface area contributed by atoms with Crippen LogP contribution in [0.4, 0.5) is 5.69 Å². The summed E-state index contributed by atoms with van der Waals surface area (Å²) in [6.45, 7) is 2.94. The maximum Gasteiger partial charge on any atom is 0.0961 e. The van der Waals surface area contributed by atoms with E-state index in [0.717, 1.165) is 29.9 Å². The van der Waals surface area contributed by atoms with Crippen LogP contribution >= 0.6 is 0 Å². The predicted octanol–water partition coefficient (Wildman–Crippen LogP) is 4.20. The van der Waals surface area contributed by atoms with Crippen molar-refractivity contribution in [3.8, 4) is 6.07 Å². The van der Waals surface area contributed by atoms with E-state index in [1.54, 1.807) is 0 Å². The maximum atomic E-state index is 9.58. The third-order valence-corrected chi connectivity index (χ3v) is 5.36. The number of hydrazone groups is 1. The van der Waals surface area contributed by atoms with Crippen molar-refractivity contribution in [3.63, 3.8) is 0 Å². The number of benzene rings is 2. The van der Waals surface area contributed by atoms with Gasteiger partial charge in [0.05, 0.1) is 17.8 Å². The molecule has 130 valence electrons. The van der Waals surface area contributed by atoms with Crippen LogP contribution in [0.1, 0.15) is 18.9 Å². The molecule has 0 spiro atoms. The Hall–Kier alpha value is -2.90. The van der Waals surface area contributed by atoms with Crippen LogP contribution in [-0.4, -0.2) is 22.7 Å². The lowest BCUT2D eigenvalue weighted by Gasteiger charge is -2.25. The molecular formula is C22H22N4. The number of hydrogen-bond donors (Lipinski definition) is 1. The van der Waals surface area contributed by atoms with Crippen molar-refractivity contribution in [3.05, 3.63) is 77.9 Å². The van der Waals surface area contributed by atoms with E-state index in [4.69, 9.17) is 0 Å². The zero-order chi connectivity index (χ0) is 17.9. The fourth-order valence-electron chi connectivity index (χ4n) is 4.09. The normalized spacial score (nSPS) is 25.0. The first-order valence-corrected chi connectivity index (χ1v) is 9.03. The second-order valence-electron chi connectivity index (χ2n) is 6.98. The molecule has 3 atom stereocenters. The van der Waals surface area contributed by atoms with Gasteiger partial charge in [-0.2, -0.15) is 10.4 Å². The summed E-state index contributed by atoms with van der Waals surface area (Å²) in [5.41, 5.74) is 7.35. The van der Waals surface area contributed by atoms with Crippen LogP contribution in [-0.2, 0) is 6.54 Å². The smallest absolute Gasteiger partial charge is 0.0961 e. The van der Waals surface area contributed by atoms with Gasteiger partial charge >= 0.3 is 0 Å². The van der Waals surface area contributed by atoms with Crippen molar-refractivity contribution in [2.75, 3.05) is 5.43 Å². The summed E-state index contributed by atoms with van der Waals surface area (Å²) in [6.07, 6.45) is 3.16. The largest absolute Gasteiger partial charge is 0.284 e. The zero-order valence-electron chi connectivity index (χ0n) is 14.8. The van der Waals surface area contributed by atoms with Crippen LogP contribution < -0.4 is 5.43 Å². The molecule has 0 saturated carbocycles. The van der Waals surface area contributed by atoms with Crippen molar-refractivity contribution >= 4 is 11.4 Å². The minimum atomic E-state index is 0.131. The standard InChI is InChI=1S/C22H22N4/c1-16(24-25-19-10-6-3-7-11-19)21-13-20-12-18(14-23)22(21)26(20)15-17-8-4-2-5-9-17/h2-12,20-22,25H,13,15H2,1H3/b24-16-/t20-,21+,22-/m0/s1. The highest BCUT2D eigenvalue weighted by molar-refractivity contribution is 5.87. The molecule has 0 unspecified atom stereocenters. The quantitative estimate of drug-likeness (QED) is 0.654. The van der Waals surface area contributed by atoms with E-state index in [2.05, 4.69) is 58.8 Å². The number of nitrogens with zero attached hydrogens (tertiary/aromatic N) is 3. The third kappa shape index (κ3) is 3.14. The van der Waals surface area contributed by atoms with Gasteiger partial charge in [0.1, 0.15) is 0 Å². The van der Waals surface area contributed by atoms with Gasteiger partial charge in [0.2, 0.25) is 0 Å². The van der Waals surface area contributed by atoms with Crippen LogP contribution in [0.3, 0.4) is 0 Å². The lowest BCUT2D eigenvalue weighted by atomic mass is 9.86. The van der Waals surface area contributed by atoms with E-state index in [-0.39, 0.29) is 12.0 Å². The Bertz CT molecular complexity index is 864. The Morgan fingerprint density at radius 3 is 2.54 bits per heavy atom. The molecule has 2 aliphatic rings. The summed E-state index contributed by atoms with van der Waals surface area (Å²) >= 11 is 0. The van der Waals surface area contributed by atoms with Crippen molar-refractivity contribution in [2.45, 2.75) is 32.0 Å². The Balaban J connectivity index is 1.52. The summed E-state index contributed by atoms with van der Waals surface area (Å²) in [5.74, 6) is 0.277. The number of para-hydroxylation sites is 1. The molecule has 0 amide bonds. The van der Waals surface area contributed by atoms with Gasteiger partial charge in [0.25, 0.3) is 0 Å². The van der Waals surface area contributed by atoms with Crippen LogP contribution in [0, 0.1) is 17.2 Å². The molecule has 0 radical (unpaired) electrons. The molecule has 4 rings (SSSR count). The molecule has 26 heavy (non-hydrogen) atoms. The first-order valence-electron chi connectivity index (χ1n) is 9.03. The first-order chi connectivity index (χ1) is 12.8. The average molecular weight is 342 g/mol. The number of nitriles is 1. The molecule has 1 N–H and O–H groups in total. The molecule has 4 heteroatoms. The van der Waals surface area contributed by atoms with Crippen molar-refractivity contribution in [1.82, 2.24) is 4.90 Å². The van der Waals surface area contributed by atoms with Crippen LogP contribution in [0.15, 0.2) is 77.4 Å². The summed E-state index contributed by atoms with van der Waals surface area (Å²) in [5, 5.41) is 14.2. The second kappa shape index (κ2) is 7.15. The van der Waals surface area contributed by atoms with Crippen molar-refractivity contribution in [2.24, 2.45) is 11.0 Å². The Morgan fingerprint density at radius 1 is 1.15 bits per heavy atom. The number of fused-ring (bicyclic) bond motifs is 2. The molecule has 1 saturated heterocycles. The lowest BCUT2D eigenvalue weighted by molar-refractivity contribution is 0.250. The third-order valence-electron chi connectivity index (χ3n) is 5.36. The molecule has 0 aromatic heterocycles. The van der Waals surface area contributed by atoms with Crippen LogP contribution in [0.2, 0.25) is 0 Å². The van der Waals surface area contributed by atoms with Crippen molar-refractivity contribution in [1.29, 1.82) is 5.26 Å². The summed E-state index contributed by atoms with van der Waals surface area (Å²) < 4.78 is 0. The van der Waals surface area contributed by atoms with E-state index in [9.17, 15) is 5.26 Å². The Labute approximate surface area is 154 Å². The fraction of sp³-hybridized carbons (Fsp3) is 0.273.